The fourth-order valence-corrected chi connectivity index (χ4v) is 3.16. The molecule has 0 aromatic heterocycles. The second kappa shape index (κ2) is 8.07. The highest BCUT2D eigenvalue weighted by molar-refractivity contribution is 6.05. The first-order valence-corrected chi connectivity index (χ1v) is 9.41. The SMILES string of the molecule is CCOc1cc(/C=C2\C=C(c3ccc(-c4ccccc4)cc3)OC2=O)ccc1O. The molecule has 1 aliphatic rings. The van der Waals surface area contributed by atoms with Crippen molar-refractivity contribution in [2.75, 3.05) is 6.61 Å². The summed E-state index contributed by atoms with van der Waals surface area (Å²) in [6, 6.07) is 23.0. The zero-order valence-electron chi connectivity index (χ0n) is 16.0. The highest BCUT2D eigenvalue weighted by Gasteiger charge is 2.22. The Kier molecular flexibility index (Phi) is 5.16. The summed E-state index contributed by atoms with van der Waals surface area (Å²) in [4.78, 5) is 12.3. The van der Waals surface area contributed by atoms with Crippen LogP contribution in [0.4, 0.5) is 0 Å². The Morgan fingerprint density at radius 1 is 0.931 bits per heavy atom. The summed E-state index contributed by atoms with van der Waals surface area (Å²) in [7, 11) is 0. The molecule has 0 unspecified atom stereocenters. The number of cyclic esters (lactones) is 1. The third-order valence-corrected chi connectivity index (χ3v) is 4.61. The lowest BCUT2D eigenvalue weighted by Gasteiger charge is -2.06. The van der Waals surface area contributed by atoms with Crippen LogP contribution in [0.5, 0.6) is 11.5 Å². The number of ether oxygens (including phenoxy) is 2. The van der Waals surface area contributed by atoms with Gasteiger partial charge in [0.1, 0.15) is 5.76 Å². The molecule has 0 amide bonds. The van der Waals surface area contributed by atoms with Crippen LogP contribution in [-0.2, 0) is 9.53 Å². The summed E-state index contributed by atoms with van der Waals surface area (Å²) in [5, 5.41) is 9.83. The van der Waals surface area contributed by atoms with E-state index in [9.17, 15) is 9.90 Å². The van der Waals surface area contributed by atoms with Crippen LogP contribution in [0.2, 0.25) is 0 Å². The third-order valence-electron chi connectivity index (χ3n) is 4.61. The monoisotopic (exact) mass is 384 g/mol. The molecule has 29 heavy (non-hydrogen) atoms. The number of esters is 1. The van der Waals surface area contributed by atoms with E-state index in [2.05, 4.69) is 12.1 Å². The van der Waals surface area contributed by atoms with E-state index in [0.717, 1.165) is 22.3 Å². The average molecular weight is 384 g/mol. The quantitative estimate of drug-likeness (QED) is 0.470. The Balaban J connectivity index is 1.59. The molecule has 0 aliphatic carbocycles. The topological polar surface area (TPSA) is 55.8 Å². The molecule has 1 aliphatic heterocycles. The van der Waals surface area contributed by atoms with Gasteiger partial charge in [0.2, 0.25) is 0 Å². The van der Waals surface area contributed by atoms with E-state index in [1.165, 1.54) is 0 Å². The molecule has 144 valence electrons. The van der Waals surface area contributed by atoms with Gasteiger partial charge in [0.15, 0.2) is 11.5 Å². The summed E-state index contributed by atoms with van der Waals surface area (Å²) in [5.41, 5.74) is 4.26. The Hall–Kier alpha value is -3.79. The molecule has 0 spiro atoms. The molecule has 0 atom stereocenters. The van der Waals surface area contributed by atoms with E-state index in [-0.39, 0.29) is 5.75 Å². The van der Waals surface area contributed by atoms with Crippen molar-refractivity contribution in [3.8, 4) is 22.6 Å². The Morgan fingerprint density at radius 2 is 1.62 bits per heavy atom. The Morgan fingerprint density at radius 3 is 2.34 bits per heavy atom. The van der Waals surface area contributed by atoms with Crippen LogP contribution in [0, 0.1) is 0 Å². The first kappa shape index (κ1) is 18.6. The number of hydrogen-bond donors (Lipinski definition) is 1. The first-order chi connectivity index (χ1) is 14.1. The van der Waals surface area contributed by atoms with E-state index in [0.29, 0.717) is 23.7 Å². The standard InChI is InChI=1S/C25H20O4/c1-2-28-24-15-17(8-13-22(24)26)14-21-16-23(29-25(21)27)20-11-9-19(10-12-20)18-6-4-3-5-7-18/h3-16,26H,2H2,1H3/b21-14+. The van der Waals surface area contributed by atoms with Crippen LogP contribution in [0.25, 0.3) is 23.0 Å². The molecule has 4 rings (SSSR count). The van der Waals surface area contributed by atoms with Crippen molar-refractivity contribution in [1.29, 1.82) is 0 Å². The van der Waals surface area contributed by atoms with Crippen molar-refractivity contribution >= 4 is 17.8 Å². The molecule has 1 heterocycles. The first-order valence-electron chi connectivity index (χ1n) is 9.41. The minimum absolute atomic E-state index is 0.0673. The molecule has 3 aromatic carbocycles. The van der Waals surface area contributed by atoms with E-state index >= 15 is 0 Å². The summed E-state index contributed by atoms with van der Waals surface area (Å²) in [5.74, 6) is 0.564. The lowest BCUT2D eigenvalue weighted by Crippen LogP contribution is -1.97. The fourth-order valence-electron chi connectivity index (χ4n) is 3.16. The van der Waals surface area contributed by atoms with Gasteiger partial charge >= 0.3 is 5.97 Å². The van der Waals surface area contributed by atoms with Gasteiger partial charge in [-0.05, 0) is 47.9 Å². The van der Waals surface area contributed by atoms with Gasteiger partial charge in [0.25, 0.3) is 0 Å². The highest BCUT2D eigenvalue weighted by atomic mass is 16.5. The van der Waals surface area contributed by atoms with Gasteiger partial charge in [-0.2, -0.15) is 0 Å². The number of rotatable bonds is 5. The Labute approximate surface area is 169 Å². The zero-order valence-corrected chi connectivity index (χ0v) is 16.0. The van der Waals surface area contributed by atoms with Crippen LogP contribution < -0.4 is 4.74 Å². The van der Waals surface area contributed by atoms with Crippen LogP contribution >= 0.6 is 0 Å². The number of aromatic hydroxyl groups is 1. The number of phenolic OH excluding ortho intramolecular Hbond substituents is 1. The van der Waals surface area contributed by atoms with Crippen LogP contribution in [0.3, 0.4) is 0 Å². The number of phenols is 1. The van der Waals surface area contributed by atoms with E-state index in [4.69, 9.17) is 9.47 Å². The van der Waals surface area contributed by atoms with Gasteiger partial charge in [-0.1, -0.05) is 60.7 Å². The maximum Gasteiger partial charge on any atom is 0.343 e. The van der Waals surface area contributed by atoms with Crippen LogP contribution in [-0.4, -0.2) is 17.7 Å². The molecule has 0 bridgehead atoms. The molecule has 4 nitrogen and oxygen atoms in total. The van der Waals surface area contributed by atoms with Crippen molar-refractivity contribution < 1.29 is 19.4 Å². The van der Waals surface area contributed by atoms with Gasteiger partial charge in [-0.25, -0.2) is 4.79 Å². The van der Waals surface area contributed by atoms with Gasteiger partial charge in [0.05, 0.1) is 12.2 Å². The molecule has 0 radical (unpaired) electrons. The molecule has 0 saturated heterocycles. The maximum atomic E-state index is 12.3. The number of carbonyl (C=O) groups excluding carboxylic acids is 1. The van der Waals surface area contributed by atoms with Crippen molar-refractivity contribution in [2.24, 2.45) is 0 Å². The van der Waals surface area contributed by atoms with Crippen molar-refractivity contribution in [2.45, 2.75) is 6.92 Å². The molecular weight excluding hydrogens is 364 g/mol. The normalized spacial score (nSPS) is 14.6. The van der Waals surface area contributed by atoms with Gasteiger partial charge in [-0.15, -0.1) is 0 Å². The molecule has 4 heteroatoms. The minimum Gasteiger partial charge on any atom is -0.504 e. The van der Waals surface area contributed by atoms with E-state index in [1.807, 2.05) is 49.4 Å². The van der Waals surface area contributed by atoms with Crippen LogP contribution in [0.1, 0.15) is 18.1 Å². The predicted octanol–water partition coefficient (Wildman–Crippen LogP) is 5.44. The second-order valence-corrected chi connectivity index (χ2v) is 6.60. The molecule has 0 saturated carbocycles. The van der Waals surface area contributed by atoms with Gasteiger partial charge in [-0.3, -0.25) is 0 Å². The number of carbonyl (C=O) groups is 1. The lowest BCUT2D eigenvalue weighted by atomic mass is 10.0. The van der Waals surface area contributed by atoms with Crippen molar-refractivity contribution in [3.63, 3.8) is 0 Å². The summed E-state index contributed by atoms with van der Waals surface area (Å²) in [6.45, 7) is 2.29. The number of benzene rings is 3. The second-order valence-electron chi connectivity index (χ2n) is 6.60. The largest absolute Gasteiger partial charge is 0.504 e. The zero-order chi connectivity index (χ0) is 20.2. The maximum absolute atomic E-state index is 12.3. The fraction of sp³-hybridized carbons (Fsp3) is 0.0800. The number of hydrogen-bond acceptors (Lipinski definition) is 4. The van der Waals surface area contributed by atoms with Crippen molar-refractivity contribution in [3.05, 3.63) is 95.6 Å². The molecular formula is C25H20O4. The van der Waals surface area contributed by atoms with Crippen molar-refractivity contribution in [1.82, 2.24) is 0 Å². The lowest BCUT2D eigenvalue weighted by molar-refractivity contribution is -0.130. The molecule has 3 aromatic rings. The average Bonchev–Trinajstić information content (AvgIpc) is 3.12. The van der Waals surface area contributed by atoms with Crippen LogP contribution in [0.15, 0.2) is 84.4 Å². The molecule has 1 N–H and O–H groups in total. The smallest absolute Gasteiger partial charge is 0.343 e. The van der Waals surface area contributed by atoms with Gasteiger partial charge < -0.3 is 14.6 Å². The van der Waals surface area contributed by atoms with E-state index < -0.39 is 5.97 Å². The van der Waals surface area contributed by atoms with E-state index in [1.54, 1.807) is 30.4 Å². The predicted molar refractivity (Wildman–Crippen MR) is 113 cm³/mol. The summed E-state index contributed by atoms with van der Waals surface area (Å²) >= 11 is 0. The highest BCUT2D eigenvalue weighted by Crippen LogP contribution is 2.31. The third kappa shape index (κ3) is 4.06. The minimum atomic E-state index is -0.404. The summed E-state index contributed by atoms with van der Waals surface area (Å²) < 4.78 is 10.8. The summed E-state index contributed by atoms with van der Waals surface area (Å²) in [6.07, 6.45) is 3.45. The Bertz CT molecular complexity index is 1090. The van der Waals surface area contributed by atoms with Gasteiger partial charge in [0, 0.05) is 5.56 Å². The molecule has 0 fully saturated rings.